The average Bonchev–Trinajstić information content (AvgIpc) is 2.47. The van der Waals surface area contributed by atoms with Crippen molar-refractivity contribution in [3.63, 3.8) is 0 Å². The number of carbonyl (C=O) groups excluding carboxylic acids is 1. The summed E-state index contributed by atoms with van der Waals surface area (Å²) in [5.74, 6) is -0.866. The molecule has 2 aromatic rings. The molecule has 0 saturated carbocycles. The first kappa shape index (κ1) is 14.5. The van der Waals surface area contributed by atoms with Crippen molar-refractivity contribution in [2.24, 2.45) is 0 Å². The summed E-state index contributed by atoms with van der Waals surface area (Å²) in [6.45, 7) is 2.44. The highest BCUT2D eigenvalue weighted by Gasteiger charge is 2.13. The quantitative estimate of drug-likeness (QED) is 0.906. The fourth-order valence-electron chi connectivity index (χ4n) is 1.91. The zero-order valence-corrected chi connectivity index (χ0v) is 11.8. The van der Waals surface area contributed by atoms with Crippen LogP contribution in [0, 0.1) is 5.82 Å². The van der Waals surface area contributed by atoms with Crippen LogP contribution < -0.4 is 5.32 Å². The smallest absolute Gasteiger partial charge is 0.254 e. The predicted molar refractivity (Wildman–Crippen MR) is 78.6 cm³/mol. The van der Waals surface area contributed by atoms with Crippen LogP contribution in [0.2, 0.25) is 5.02 Å². The van der Waals surface area contributed by atoms with Gasteiger partial charge in [0.2, 0.25) is 0 Å². The molecule has 0 aromatic heterocycles. The van der Waals surface area contributed by atoms with E-state index >= 15 is 0 Å². The molecule has 1 amide bonds. The molecule has 0 radical (unpaired) electrons. The van der Waals surface area contributed by atoms with Crippen molar-refractivity contribution < 1.29 is 9.18 Å². The van der Waals surface area contributed by atoms with Crippen LogP contribution >= 0.6 is 11.6 Å². The van der Waals surface area contributed by atoms with Crippen LogP contribution in [-0.4, -0.2) is 12.5 Å². The van der Waals surface area contributed by atoms with Crippen LogP contribution in [0.1, 0.15) is 28.8 Å². The molecule has 104 valence electrons. The second kappa shape index (κ2) is 6.53. The minimum atomic E-state index is -0.570. The maximum absolute atomic E-state index is 13.5. The molecule has 2 aromatic carbocycles. The third-order valence-electron chi connectivity index (χ3n) is 3.11. The van der Waals surface area contributed by atoms with Crippen molar-refractivity contribution in [2.45, 2.75) is 12.8 Å². The molecule has 0 fully saturated rings. The van der Waals surface area contributed by atoms with Gasteiger partial charge < -0.3 is 5.32 Å². The van der Waals surface area contributed by atoms with Gasteiger partial charge in [-0.1, -0.05) is 48.9 Å². The minimum absolute atomic E-state index is 0.0299. The van der Waals surface area contributed by atoms with Gasteiger partial charge in [-0.3, -0.25) is 4.79 Å². The summed E-state index contributed by atoms with van der Waals surface area (Å²) in [6.07, 6.45) is 0. The van der Waals surface area contributed by atoms with Gasteiger partial charge in [-0.05, 0) is 29.7 Å². The van der Waals surface area contributed by atoms with E-state index in [1.807, 2.05) is 37.3 Å². The molecule has 0 aliphatic heterocycles. The second-order valence-corrected chi connectivity index (χ2v) is 5.08. The summed E-state index contributed by atoms with van der Waals surface area (Å²) in [5, 5.41) is 3.07. The van der Waals surface area contributed by atoms with Crippen molar-refractivity contribution in [1.82, 2.24) is 5.32 Å². The average molecular weight is 292 g/mol. The molecular weight excluding hydrogens is 277 g/mol. The van der Waals surface area contributed by atoms with E-state index in [0.717, 1.165) is 5.56 Å². The van der Waals surface area contributed by atoms with Gasteiger partial charge in [-0.25, -0.2) is 4.39 Å². The second-order valence-electron chi connectivity index (χ2n) is 4.65. The van der Waals surface area contributed by atoms with Crippen molar-refractivity contribution in [3.8, 4) is 0 Å². The van der Waals surface area contributed by atoms with Gasteiger partial charge in [-0.15, -0.1) is 0 Å². The van der Waals surface area contributed by atoms with E-state index in [4.69, 9.17) is 11.6 Å². The molecule has 2 rings (SSSR count). The summed E-state index contributed by atoms with van der Waals surface area (Å²) >= 11 is 5.77. The Morgan fingerprint density at radius 3 is 2.65 bits per heavy atom. The molecule has 1 N–H and O–H groups in total. The van der Waals surface area contributed by atoms with Gasteiger partial charge in [-0.2, -0.15) is 0 Å². The van der Waals surface area contributed by atoms with Crippen LogP contribution in [0.3, 0.4) is 0 Å². The van der Waals surface area contributed by atoms with Crippen molar-refractivity contribution in [3.05, 3.63) is 70.5 Å². The molecule has 1 unspecified atom stereocenters. The largest absolute Gasteiger partial charge is 0.351 e. The van der Waals surface area contributed by atoms with E-state index in [9.17, 15) is 9.18 Å². The maximum Gasteiger partial charge on any atom is 0.254 e. The lowest BCUT2D eigenvalue weighted by molar-refractivity contribution is 0.0947. The van der Waals surface area contributed by atoms with Crippen LogP contribution in [0.25, 0.3) is 0 Å². The number of amides is 1. The minimum Gasteiger partial charge on any atom is -0.351 e. The molecule has 4 heteroatoms. The van der Waals surface area contributed by atoms with Gasteiger partial charge in [0, 0.05) is 11.6 Å². The Morgan fingerprint density at radius 2 is 1.95 bits per heavy atom. The third kappa shape index (κ3) is 3.58. The van der Waals surface area contributed by atoms with Crippen LogP contribution in [0.15, 0.2) is 48.5 Å². The molecule has 0 spiro atoms. The standard InChI is InChI=1S/C16H15ClFNO/c1-11(12-5-3-2-4-6-12)10-19-16(20)14-9-13(17)7-8-15(14)18/h2-9,11H,10H2,1H3,(H,19,20). The number of halogens is 2. The number of nitrogens with one attached hydrogen (secondary N) is 1. The summed E-state index contributed by atoms with van der Waals surface area (Å²) in [6, 6.07) is 13.8. The van der Waals surface area contributed by atoms with Gasteiger partial charge in [0.05, 0.1) is 5.56 Å². The summed E-state index contributed by atoms with van der Waals surface area (Å²) < 4.78 is 13.5. The number of hydrogen-bond donors (Lipinski definition) is 1. The predicted octanol–water partition coefficient (Wildman–Crippen LogP) is 4.01. The lowest BCUT2D eigenvalue weighted by Gasteiger charge is -2.13. The Labute approximate surface area is 122 Å². The first-order valence-corrected chi connectivity index (χ1v) is 6.74. The molecule has 2 nitrogen and oxygen atoms in total. The lowest BCUT2D eigenvalue weighted by atomic mass is 10.0. The van der Waals surface area contributed by atoms with E-state index < -0.39 is 11.7 Å². The fourth-order valence-corrected chi connectivity index (χ4v) is 2.08. The molecule has 20 heavy (non-hydrogen) atoms. The Morgan fingerprint density at radius 1 is 1.25 bits per heavy atom. The Balaban J connectivity index is 2.00. The number of hydrogen-bond acceptors (Lipinski definition) is 1. The molecule has 1 atom stereocenters. The highest BCUT2D eigenvalue weighted by atomic mass is 35.5. The first-order chi connectivity index (χ1) is 9.58. The zero-order valence-electron chi connectivity index (χ0n) is 11.1. The van der Waals surface area contributed by atoms with E-state index in [0.29, 0.717) is 11.6 Å². The Hall–Kier alpha value is -1.87. The van der Waals surface area contributed by atoms with Gasteiger partial charge in [0.1, 0.15) is 5.82 Å². The van der Waals surface area contributed by atoms with Crippen LogP contribution in [0.4, 0.5) is 4.39 Å². The Kier molecular flexibility index (Phi) is 4.74. The highest BCUT2D eigenvalue weighted by molar-refractivity contribution is 6.30. The van der Waals surface area contributed by atoms with Crippen molar-refractivity contribution in [2.75, 3.05) is 6.54 Å². The van der Waals surface area contributed by atoms with Crippen LogP contribution in [0.5, 0.6) is 0 Å². The number of benzene rings is 2. The monoisotopic (exact) mass is 291 g/mol. The van der Waals surface area contributed by atoms with Crippen molar-refractivity contribution >= 4 is 17.5 Å². The van der Waals surface area contributed by atoms with E-state index in [1.54, 1.807) is 0 Å². The molecule has 0 aliphatic carbocycles. The van der Waals surface area contributed by atoms with Gasteiger partial charge >= 0.3 is 0 Å². The highest BCUT2D eigenvalue weighted by Crippen LogP contribution is 2.16. The molecule has 0 saturated heterocycles. The molecular formula is C16H15ClFNO. The van der Waals surface area contributed by atoms with Gasteiger partial charge in [0.15, 0.2) is 0 Å². The molecule has 0 aliphatic rings. The summed E-state index contributed by atoms with van der Waals surface area (Å²) in [5.41, 5.74) is 1.09. The first-order valence-electron chi connectivity index (χ1n) is 6.36. The normalized spacial score (nSPS) is 11.9. The maximum atomic E-state index is 13.5. The lowest BCUT2D eigenvalue weighted by Crippen LogP contribution is -2.28. The Bertz CT molecular complexity index is 601. The van der Waals surface area contributed by atoms with E-state index in [-0.39, 0.29) is 11.5 Å². The topological polar surface area (TPSA) is 29.1 Å². The van der Waals surface area contributed by atoms with E-state index in [1.165, 1.54) is 18.2 Å². The molecule has 0 bridgehead atoms. The number of carbonyl (C=O) groups is 1. The number of rotatable bonds is 4. The summed E-state index contributed by atoms with van der Waals surface area (Å²) in [7, 11) is 0. The van der Waals surface area contributed by atoms with Gasteiger partial charge in [0.25, 0.3) is 5.91 Å². The summed E-state index contributed by atoms with van der Waals surface area (Å²) in [4.78, 5) is 11.9. The fraction of sp³-hybridized carbons (Fsp3) is 0.188. The van der Waals surface area contributed by atoms with Crippen molar-refractivity contribution in [1.29, 1.82) is 0 Å². The SMILES string of the molecule is CC(CNC(=O)c1cc(Cl)ccc1F)c1ccccc1. The van der Waals surface area contributed by atoms with E-state index in [2.05, 4.69) is 5.32 Å². The van der Waals surface area contributed by atoms with Crippen LogP contribution in [-0.2, 0) is 0 Å². The third-order valence-corrected chi connectivity index (χ3v) is 3.35. The molecule has 0 heterocycles. The zero-order chi connectivity index (χ0) is 14.5.